The Balaban J connectivity index is 2.25. The summed E-state index contributed by atoms with van der Waals surface area (Å²) in [6.07, 6.45) is 0. The van der Waals surface area contributed by atoms with E-state index < -0.39 is 0 Å². The topological polar surface area (TPSA) is 77.0 Å². The van der Waals surface area contributed by atoms with Crippen molar-refractivity contribution in [3.63, 3.8) is 0 Å². The average molecular weight is 243 g/mol. The minimum absolute atomic E-state index is 0.0230. The van der Waals surface area contributed by atoms with Gasteiger partial charge in [0.2, 0.25) is 0 Å². The molecule has 0 saturated heterocycles. The molecule has 18 heavy (non-hydrogen) atoms. The Morgan fingerprint density at radius 1 is 1.22 bits per heavy atom. The van der Waals surface area contributed by atoms with Gasteiger partial charge in [0, 0.05) is 17.2 Å². The van der Waals surface area contributed by atoms with Crippen LogP contribution in [0.5, 0.6) is 5.75 Å². The Morgan fingerprint density at radius 2 is 1.89 bits per heavy atom. The summed E-state index contributed by atoms with van der Waals surface area (Å²) in [5.74, 6) is -0.225. The van der Waals surface area contributed by atoms with E-state index in [0.29, 0.717) is 11.3 Å². The zero-order valence-electron chi connectivity index (χ0n) is 10.1. The number of aryl methyl sites for hydroxylation is 1. The predicted molar refractivity (Wildman–Crippen MR) is 69.8 cm³/mol. The molecule has 0 aliphatic carbocycles. The van der Waals surface area contributed by atoms with E-state index in [9.17, 15) is 9.90 Å². The Kier molecular flexibility index (Phi) is 3.30. The molecule has 0 bridgehead atoms. The first-order valence-electron chi connectivity index (χ1n) is 5.60. The number of amides is 1. The second-order valence-electron chi connectivity index (χ2n) is 4.12. The summed E-state index contributed by atoms with van der Waals surface area (Å²) in [5, 5.41) is 12.4. The van der Waals surface area contributed by atoms with Crippen LogP contribution in [0.4, 0.5) is 11.4 Å². The fourth-order valence-electron chi connectivity index (χ4n) is 1.62. The molecular formula is C14H15N2O2+. The summed E-state index contributed by atoms with van der Waals surface area (Å²) in [4.78, 5) is 11.9. The van der Waals surface area contributed by atoms with Crippen molar-refractivity contribution >= 4 is 17.3 Å². The standard InChI is InChI=1S/C14H14N2O2/c1-9-7-12(13(17)8-11(9)15)16-14(18)10-5-3-2-4-6-10/h2-8,17H,15H2,1H3,(H,16,18)/p+1. The van der Waals surface area contributed by atoms with Crippen molar-refractivity contribution in [3.05, 3.63) is 53.6 Å². The van der Waals surface area contributed by atoms with Gasteiger partial charge in [-0.1, -0.05) is 18.2 Å². The Morgan fingerprint density at radius 3 is 2.56 bits per heavy atom. The fourth-order valence-corrected chi connectivity index (χ4v) is 1.62. The highest BCUT2D eigenvalue weighted by Crippen LogP contribution is 2.28. The fraction of sp³-hybridized carbons (Fsp3) is 0.0714. The Labute approximate surface area is 105 Å². The van der Waals surface area contributed by atoms with Crippen LogP contribution in [0.1, 0.15) is 15.9 Å². The molecule has 0 saturated carbocycles. The summed E-state index contributed by atoms with van der Waals surface area (Å²) >= 11 is 0. The van der Waals surface area contributed by atoms with Gasteiger partial charge in [-0.15, -0.1) is 0 Å². The number of hydrogen-bond donors (Lipinski definition) is 3. The minimum Gasteiger partial charge on any atom is -0.506 e. The van der Waals surface area contributed by atoms with E-state index in [1.807, 2.05) is 13.0 Å². The lowest BCUT2D eigenvalue weighted by Gasteiger charge is -2.08. The van der Waals surface area contributed by atoms with Gasteiger partial charge < -0.3 is 16.2 Å². The van der Waals surface area contributed by atoms with Crippen LogP contribution in [0, 0.1) is 6.92 Å². The zero-order valence-corrected chi connectivity index (χ0v) is 10.1. The lowest BCUT2D eigenvalue weighted by molar-refractivity contribution is -0.255. The van der Waals surface area contributed by atoms with E-state index in [0.717, 1.165) is 11.3 Å². The molecule has 0 unspecified atom stereocenters. The second kappa shape index (κ2) is 4.89. The van der Waals surface area contributed by atoms with Crippen molar-refractivity contribution in [1.29, 1.82) is 0 Å². The molecule has 4 nitrogen and oxygen atoms in total. The number of nitrogens with one attached hydrogen (secondary N) is 1. The van der Waals surface area contributed by atoms with E-state index in [-0.39, 0.29) is 11.7 Å². The van der Waals surface area contributed by atoms with Crippen molar-refractivity contribution < 1.29 is 15.6 Å². The molecule has 1 amide bonds. The van der Waals surface area contributed by atoms with E-state index in [2.05, 4.69) is 11.1 Å². The molecule has 0 radical (unpaired) electrons. The van der Waals surface area contributed by atoms with Gasteiger partial charge in [-0.2, -0.15) is 0 Å². The van der Waals surface area contributed by atoms with Crippen LogP contribution in [0.25, 0.3) is 0 Å². The molecule has 0 aliphatic heterocycles. The molecule has 0 spiro atoms. The number of phenolic OH excluding ortho intramolecular Hbond substituents is 1. The summed E-state index contributed by atoms with van der Waals surface area (Å²) in [6, 6.07) is 12.1. The summed E-state index contributed by atoms with van der Waals surface area (Å²) in [6.45, 7) is 1.87. The second-order valence-corrected chi connectivity index (χ2v) is 4.12. The molecule has 0 aromatic heterocycles. The number of carbonyl (C=O) groups is 1. The molecule has 0 heterocycles. The smallest absolute Gasteiger partial charge is 0.255 e. The van der Waals surface area contributed by atoms with Crippen LogP contribution in [0.3, 0.4) is 0 Å². The number of carbonyl (C=O) groups excluding carboxylic acids is 1. The Bertz CT molecular complexity index is 580. The molecule has 5 N–H and O–H groups in total. The van der Waals surface area contributed by atoms with Gasteiger partial charge >= 0.3 is 0 Å². The first kappa shape index (κ1) is 12.1. The van der Waals surface area contributed by atoms with Crippen LogP contribution in [-0.2, 0) is 0 Å². The lowest BCUT2D eigenvalue weighted by Crippen LogP contribution is -2.41. The minimum atomic E-state index is -0.248. The first-order chi connectivity index (χ1) is 8.58. The number of benzene rings is 2. The monoisotopic (exact) mass is 243 g/mol. The SMILES string of the molecule is Cc1cc(NC(=O)c2ccccc2)c(O)cc1[NH3+]. The summed E-state index contributed by atoms with van der Waals surface area (Å²) in [7, 11) is 0. The number of hydrogen-bond acceptors (Lipinski definition) is 2. The van der Waals surface area contributed by atoms with Crippen LogP contribution >= 0.6 is 0 Å². The van der Waals surface area contributed by atoms with E-state index in [1.165, 1.54) is 6.07 Å². The highest BCUT2D eigenvalue weighted by molar-refractivity contribution is 6.05. The lowest BCUT2D eigenvalue weighted by atomic mass is 10.1. The maximum Gasteiger partial charge on any atom is 0.255 e. The molecule has 2 rings (SSSR count). The quantitative estimate of drug-likeness (QED) is 0.704. The molecule has 2 aromatic rings. The van der Waals surface area contributed by atoms with Gasteiger partial charge in [-0.05, 0) is 25.1 Å². The molecule has 4 heteroatoms. The van der Waals surface area contributed by atoms with Crippen molar-refractivity contribution in [3.8, 4) is 5.75 Å². The van der Waals surface area contributed by atoms with Gasteiger partial charge in [0.25, 0.3) is 5.91 Å². The molecular weight excluding hydrogens is 228 g/mol. The summed E-state index contributed by atoms with van der Waals surface area (Å²) in [5.41, 5.74) is 6.39. The summed E-state index contributed by atoms with van der Waals surface area (Å²) < 4.78 is 0. The zero-order chi connectivity index (χ0) is 13.1. The maximum absolute atomic E-state index is 11.9. The third-order valence-electron chi connectivity index (χ3n) is 2.74. The van der Waals surface area contributed by atoms with E-state index in [4.69, 9.17) is 0 Å². The number of phenols is 1. The highest BCUT2D eigenvalue weighted by Gasteiger charge is 2.11. The van der Waals surface area contributed by atoms with Gasteiger partial charge in [0.05, 0.1) is 5.69 Å². The van der Waals surface area contributed by atoms with E-state index >= 15 is 0 Å². The molecule has 0 fully saturated rings. The highest BCUT2D eigenvalue weighted by atomic mass is 16.3. The van der Waals surface area contributed by atoms with Crippen molar-refractivity contribution in [2.75, 3.05) is 5.32 Å². The van der Waals surface area contributed by atoms with Gasteiger partial charge in [-0.3, -0.25) is 4.79 Å². The molecule has 2 aromatic carbocycles. The molecule has 0 atom stereocenters. The third-order valence-corrected chi connectivity index (χ3v) is 2.74. The number of anilines is 1. The van der Waals surface area contributed by atoms with Crippen LogP contribution in [0.15, 0.2) is 42.5 Å². The number of quaternary nitrogens is 1. The first-order valence-corrected chi connectivity index (χ1v) is 5.60. The number of rotatable bonds is 2. The van der Waals surface area contributed by atoms with E-state index in [1.54, 1.807) is 30.3 Å². The number of aromatic hydroxyl groups is 1. The van der Waals surface area contributed by atoms with Crippen molar-refractivity contribution in [2.24, 2.45) is 0 Å². The normalized spacial score (nSPS) is 10.1. The predicted octanol–water partition coefficient (Wildman–Crippen LogP) is 1.83. The molecule has 0 aliphatic rings. The van der Waals surface area contributed by atoms with Crippen molar-refractivity contribution in [2.45, 2.75) is 6.92 Å². The maximum atomic E-state index is 11.9. The van der Waals surface area contributed by atoms with Gasteiger partial charge in [-0.25, -0.2) is 0 Å². The van der Waals surface area contributed by atoms with Gasteiger partial charge in [0.1, 0.15) is 11.4 Å². The van der Waals surface area contributed by atoms with Crippen LogP contribution in [0.2, 0.25) is 0 Å². The average Bonchev–Trinajstić information content (AvgIpc) is 2.37. The van der Waals surface area contributed by atoms with Crippen molar-refractivity contribution in [1.82, 2.24) is 0 Å². The Hall–Kier alpha value is -2.33. The largest absolute Gasteiger partial charge is 0.506 e. The third kappa shape index (κ3) is 2.49. The molecule has 92 valence electrons. The van der Waals surface area contributed by atoms with Crippen LogP contribution < -0.4 is 11.1 Å². The van der Waals surface area contributed by atoms with Crippen LogP contribution in [-0.4, -0.2) is 11.0 Å². The van der Waals surface area contributed by atoms with Gasteiger partial charge in [0.15, 0.2) is 0 Å².